The van der Waals surface area contributed by atoms with Gasteiger partial charge in [0.2, 0.25) is 0 Å². The molecule has 0 radical (unpaired) electrons. The summed E-state index contributed by atoms with van der Waals surface area (Å²) in [5.74, 6) is 1.18. The highest BCUT2D eigenvalue weighted by Gasteiger charge is 2.35. The molecule has 3 N–H and O–H groups in total. The third-order valence-corrected chi connectivity index (χ3v) is 5.72. The third kappa shape index (κ3) is 5.18. The van der Waals surface area contributed by atoms with Crippen LogP contribution in [-0.2, 0) is 4.79 Å². The monoisotopic (exact) mass is 336 g/mol. The minimum Gasteiger partial charge on any atom is -0.481 e. The summed E-state index contributed by atoms with van der Waals surface area (Å²) in [7, 11) is 0. The Bertz CT molecular complexity index is 506. The summed E-state index contributed by atoms with van der Waals surface area (Å²) in [6.45, 7) is 6.21. The molecular weight excluding hydrogens is 304 g/mol. The summed E-state index contributed by atoms with van der Waals surface area (Å²) < 4.78 is 0. The van der Waals surface area contributed by atoms with Crippen molar-refractivity contribution >= 4 is 5.97 Å². The van der Waals surface area contributed by atoms with Crippen LogP contribution in [0.1, 0.15) is 59.3 Å². The predicted molar refractivity (Wildman–Crippen MR) is 94.5 cm³/mol. The van der Waals surface area contributed by atoms with Gasteiger partial charge in [-0.2, -0.15) is 0 Å². The molecule has 0 aromatic rings. The van der Waals surface area contributed by atoms with E-state index in [1.165, 1.54) is 18.4 Å². The number of allylic oxidation sites excluding steroid dienone is 4. The fourth-order valence-electron chi connectivity index (χ4n) is 4.38. The van der Waals surface area contributed by atoms with Crippen LogP contribution >= 0.6 is 0 Å². The minimum atomic E-state index is -1.03. The molecular formula is C20H32O4. The fraction of sp³-hybridized carbons (Fsp3) is 0.750. The van der Waals surface area contributed by atoms with Crippen molar-refractivity contribution in [2.75, 3.05) is 0 Å². The Morgan fingerprint density at radius 3 is 2.75 bits per heavy atom. The number of carboxylic acids is 1. The van der Waals surface area contributed by atoms with Gasteiger partial charge in [0, 0.05) is 6.42 Å². The lowest BCUT2D eigenvalue weighted by Crippen LogP contribution is -2.34. The van der Waals surface area contributed by atoms with Crippen LogP contribution in [0.2, 0.25) is 0 Å². The summed E-state index contributed by atoms with van der Waals surface area (Å²) in [5.41, 5.74) is 0.420. The lowest BCUT2D eigenvalue weighted by Gasteiger charge is -2.40. The van der Waals surface area contributed by atoms with Gasteiger partial charge in [-0.05, 0) is 61.9 Å². The van der Waals surface area contributed by atoms with Crippen molar-refractivity contribution in [2.24, 2.45) is 23.7 Å². The van der Waals surface area contributed by atoms with Crippen LogP contribution < -0.4 is 0 Å². The summed E-state index contributed by atoms with van der Waals surface area (Å²) in [5, 5.41) is 29.1. The van der Waals surface area contributed by atoms with Crippen molar-refractivity contribution in [3.63, 3.8) is 0 Å². The van der Waals surface area contributed by atoms with E-state index in [4.69, 9.17) is 5.11 Å². The van der Waals surface area contributed by atoms with Crippen molar-refractivity contribution < 1.29 is 20.1 Å². The topological polar surface area (TPSA) is 77.8 Å². The van der Waals surface area contributed by atoms with Crippen LogP contribution in [0, 0.1) is 23.7 Å². The average molecular weight is 336 g/mol. The quantitative estimate of drug-likeness (QED) is 0.664. The van der Waals surface area contributed by atoms with E-state index in [1.807, 2.05) is 0 Å². The molecule has 2 rings (SSSR count). The first kappa shape index (κ1) is 19.2. The number of hydrogen-bond donors (Lipinski definition) is 3. The highest BCUT2D eigenvalue weighted by Crippen LogP contribution is 2.44. The molecule has 2 aliphatic carbocycles. The zero-order chi connectivity index (χ0) is 17.9. The van der Waals surface area contributed by atoms with Crippen molar-refractivity contribution in [3.8, 4) is 0 Å². The lowest BCUT2D eigenvalue weighted by molar-refractivity contribution is -0.140. The molecule has 6 atom stereocenters. The van der Waals surface area contributed by atoms with Crippen molar-refractivity contribution in [1.82, 2.24) is 0 Å². The van der Waals surface area contributed by atoms with E-state index < -0.39 is 17.7 Å². The van der Waals surface area contributed by atoms with E-state index in [9.17, 15) is 15.0 Å². The highest BCUT2D eigenvalue weighted by atomic mass is 16.4. The molecule has 4 nitrogen and oxygen atoms in total. The van der Waals surface area contributed by atoms with Gasteiger partial charge in [-0.1, -0.05) is 32.1 Å². The first-order valence-corrected chi connectivity index (χ1v) is 9.20. The second-order valence-corrected chi connectivity index (χ2v) is 8.20. The van der Waals surface area contributed by atoms with Gasteiger partial charge in [-0.25, -0.2) is 0 Å². The highest BCUT2D eigenvalue weighted by molar-refractivity contribution is 5.67. The fourth-order valence-corrected chi connectivity index (χ4v) is 4.38. The maximum absolute atomic E-state index is 10.7. The number of aliphatic hydroxyl groups is 2. The Morgan fingerprint density at radius 1 is 1.38 bits per heavy atom. The maximum atomic E-state index is 10.7. The molecule has 0 saturated heterocycles. The summed E-state index contributed by atoms with van der Waals surface area (Å²) in [4.78, 5) is 10.7. The first-order valence-electron chi connectivity index (χ1n) is 9.20. The number of carboxylic acid groups (broad SMARTS) is 1. The standard InChI is InChI=1S/C20H32O4/c1-13-4-7-18-15(10-13)6-5-14(2)17(18)8-9-20(3,24)12-16(21)11-19(22)23/h5-6,10,13-14,16-18,21,24H,4,7-9,11-12H2,1-3H3,(H,22,23)/t13-,14+,16+,17+,18+,20-/m1/s1. The van der Waals surface area contributed by atoms with Crippen LogP contribution in [0.4, 0.5) is 0 Å². The molecule has 0 heterocycles. The molecule has 0 aromatic heterocycles. The van der Waals surface area contributed by atoms with Crippen LogP contribution in [0.3, 0.4) is 0 Å². The Kier molecular flexibility index (Phi) is 6.27. The summed E-state index contributed by atoms with van der Waals surface area (Å²) >= 11 is 0. The molecule has 0 spiro atoms. The summed E-state index contributed by atoms with van der Waals surface area (Å²) in [6.07, 6.45) is 9.66. The van der Waals surface area contributed by atoms with E-state index in [1.54, 1.807) is 6.92 Å². The SMILES string of the molecule is C[C@H]1C=C2C=C[C@H](C)[C@H](CC[C@@](C)(O)C[C@@H](O)CC(=O)O)[C@H]2CC1. The van der Waals surface area contributed by atoms with Gasteiger partial charge in [-0.3, -0.25) is 4.79 Å². The number of aliphatic hydroxyl groups excluding tert-OH is 1. The van der Waals surface area contributed by atoms with Crippen molar-refractivity contribution in [3.05, 3.63) is 23.8 Å². The Hall–Kier alpha value is -1.13. The molecule has 24 heavy (non-hydrogen) atoms. The Balaban J connectivity index is 1.96. The van der Waals surface area contributed by atoms with Gasteiger partial charge in [-0.15, -0.1) is 0 Å². The molecule has 0 fully saturated rings. The molecule has 0 bridgehead atoms. The maximum Gasteiger partial charge on any atom is 0.305 e. The molecule has 0 saturated carbocycles. The van der Waals surface area contributed by atoms with E-state index >= 15 is 0 Å². The minimum absolute atomic E-state index is 0.112. The van der Waals surface area contributed by atoms with E-state index in [-0.39, 0.29) is 12.8 Å². The first-order chi connectivity index (χ1) is 11.2. The molecule has 0 aliphatic heterocycles. The summed E-state index contributed by atoms with van der Waals surface area (Å²) in [6, 6.07) is 0. The molecule has 0 aromatic carbocycles. The third-order valence-electron chi connectivity index (χ3n) is 5.72. The number of fused-ring (bicyclic) bond motifs is 1. The van der Waals surface area contributed by atoms with E-state index in [2.05, 4.69) is 32.1 Å². The van der Waals surface area contributed by atoms with Crippen LogP contribution in [0.25, 0.3) is 0 Å². The lowest BCUT2D eigenvalue weighted by atomic mass is 9.66. The number of aliphatic carboxylic acids is 1. The van der Waals surface area contributed by atoms with E-state index in [0.29, 0.717) is 30.1 Å². The van der Waals surface area contributed by atoms with Gasteiger partial charge >= 0.3 is 5.97 Å². The molecule has 2 aliphatic rings. The van der Waals surface area contributed by atoms with Crippen LogP contribution in [0.15, 0.2) is 23.8 Å². The van der Waals surface area contributed by atoms with Crippen LogP contribution in [0.5, 0.6) is 0 Å². The normalized spacial score (nSPS) is 33.3. The zero-order valence-electron chi connectivity index (χ0n) is 15.1. The van der Waals surface area contributed by atoms with Gasteiger partial charge in [0.1, 0.15) is 0 Å². The number of carbonyl (C=O) groups is 1. The van der Waals surface area contributed by atoms with Gasteiger partial charge in [0.05, 0.1) is 18.1 Å². The molecule has 4 heteroatoms. The van der Waals surface area contributed by atoms with Gasteiger partial charge in [0.25, 0.3) is 0 Å². The van der Waals surface area contributed by atoms with Gasteiger partial charge < -0.3 is 15.3 Å². The zero-order valence-corrected chi connectivity index (χ0v) is 15.1. The number of hydrogen-bond acceptors (Lipinski definition) is 3. The second kappa shape index (κ2) is 7.83. The largest absolute Gasteiger partial charge is 0.481 e. The number of rotatable bonds is 7. The van der Waals surface area contributed by atoms with E-state index in [0.717, 1.165) is 6.42 Å². The van der Waals surface area contributed by atoms with Crippen molar-refractivity contribution in [1.29, 1.82) is 0 Å². The Labute approximate surface area is 145 Å². The molecule has 136 valence electrons. The van der Waals surface area contributed by atoms with Crippen molar-refractivity contribution in [2.45, 2.75) is 71.0 Å². The molecule has 0 amide bonds. The van der Waals surface area contributed by atoms with Crippen LogP contribution in [-0.4, -0.2) is 33.0 Å². The average Bonchev–Trinajstić information content (AvgIpc) is 2.44. The predicted octanol–water partition coefficient (Wildman–Crippen LogP) is 3.54. The molecule has 0 unspecified atom stereocenters. The van der Waals surface area contributed by atoms with Gasteiger partial charge in [0.15, 0.2) is 0 Å². The Morgan fingerprint density at radius 2 is 2.08 bits per heavy atom. The second-order valence-electron chi connectivity index (χ2n) is 8.20. The smallest absolute Gasteiger partial charge is 0.305 e.